The molecule has 2 heterocycles. The quantitative estimate of drug-likeness (QED) is 0.900. The molecular weight excluding hydrogens is 306 g/mol. The van der Waals surface area contributed by atoms with Gasteiger partial charge >= 0.3 is 0 Å². The number of thiophene rings is 1. The summed E-state index contributed by atoms with van der Waals surface area (Å²) in [7, 11) is 0. The van der Waals surface area contributed by atoms with E-state index in [9.17, 15) is 0 Å². The Kier molecular flexibility index (Phi) is 4.10. The highest BCUT2D eigenvalue weighted by atomic mass is 32.1. The molecule has 5 heteroatoms. The number of rotatable bonds is 3. The Labute approximate surface area is 140 Å². The fourth-order valence-electron chi connectivity index (χ4n) is 2.38. The summed E-state index contributed by atoms with van der Waals surface area (Å²) in [6.07, 6.45) is 0. The van der Waals surface area contributed by atoms with Gasteiger partial charge in [0.1, 0.15) is 17.6 Å². The standard InChI is InChI=1S/C18H19N3OS/c1-18(2,3)16-11-22-17(21-16)12-6-4-5-7-13(12)20-14-8-9-23-15(14)10-19/h4-9,16,20H,11H2,1-3H3/t16-/m1/s1. The Morgan fingerprint density at radius 3 is 2.74 bits per heavy atom. The lowest BCUT2D eigenvalue weighted by molar-refractivity contribution is 0.236. The summed E-state index contributed by atoms with van der Waals surface area (Å²) < 4.78 is 5.84. The molecule has 0 bridgehead atoms. The van der Waals surface area contributed by atoms with E-state index in [-0.39, 0.29) is 11.5 Å². The van der Waals surface area contributed by atoms with Crippen LogP contribution in [0.25, 0.3) is 0 Å². The van der Waals surface area contributed by atoms with Crippen molar-refractivity contribution in [2.45, 2.75) is 26.8 Å². The number of nitrogens with one attached hydrogen (secondary N) is 1. The Bertz CT molecular complexity index is 780. The molecule has 4 nitrogen and oxygen atoms in total. The summed E-state index contributed by atoms with van der Waals surface area (Å²) >= 11 is 1.43. The van der Waals surface area contributed by atoms with Gasteiger partial charge in [-0.25, -0.2) is 4.99 Å². The Balaban J connectivity index is 1.92. The van der Waals surface area contributed by atoms with Crippen molar-refractivity contribution >= 4 is 28.6 Å². The number of ether oxygens (including phenoxy) is 1. The van der Waals surface area contributed by atoms with Gasteiger partial charge in [0.25, 0.3) is 0 Å². The second-order valence-corrected chi connectivity index (χ2v) is 7.49. The predicted molar refractivity (Wildman–Crippen MR) is 94.5 cm³/mol. The minimum atomic E-state index is 0.0749. The summed E-state index contributed by atoms with van der Waals surface area (Å²) in [5.41, 5.74) is 2.71. The van der Waals surface area contributed by atoms with Gasteiger partial charge in [-0.2, -0.15) is 5.26 Å². The molecule has 0 aliphatic carbocycles. The number of anilines is 2. The number of benzene rings is 1. The van der Waals surface area contributed by atoms with Gasteiger partial charge in [-0.3, -0.25) is 0 Å². The van der Waals surface area contributed by atoms with E-state index in [0.29, 0.717) is 17.4 Å². The second kappa shape index (κ2) is 6.05. The number of nitrogens with zero attached hydrogens (tertiary/aromatic N) is 2. The molecule has 0 unspecified atom stereocenters. The molecule has 1 aromatic carbocycles. The van der Waals surface area contributed by atoms with Crippen LogP contribution in [0.2, 0.25) is 0 Å². The van der Waals surface area contributed by atoms with Crippen LogP contribution in [0.3, 0.4) is 0 Å². The van der Waals surface area contributed by atoms with Gasteiger partial charge in [0, 0.05) is 0 Å². The van der Waals surface area contributed by atoms with Crippen LogP contribution < -0.4 is 5.32 Å². The van der Waals surface area contributed by atoms with Crippen molar-refractivity contribution in [2.24, 2.45) is 10.4 Å². The maximum absolute atomic E-state index is 9.16. The third-order valence-electron chi connectivity index (χ3n) is 3.84. The third kappa shape index (κ3) is 3.22. The Morgan fingerprint density at radius 1 is 1.26 bits per heavy atom. The SMILES string of the molecule is CC(C)(C)[C@H]1COC(c2ccccc2Nc2ccsc2C#N)=N1. The van der Waals surface area contributed by atoms with Crippen LogP contribution in [0.5, 0.6) is 0 Å². The van der Waals surface area contributed by atoms with Crippen LogP contribution >= 0.6 is 11.3 Å². The number of hydrogen-bond acceptors (Lipinski definition) is 5. The first-order valence-electron chi connectivity index (χ1n) is 7.53. The van der Waals surface area contributed by atoms with E-state index < -0.39 is 0 Å². The van der Waals surface area contributed by atoms with E-state index in [2.05, 4.69) is 32.2 Å². The molecular formula is C18H19N3OS. The van der Waals surface area contributed by atoms with Crippen LogP contribution in [0.4, 0.5) is 11.4 Å². The van der Waals surface area contributed by atoms with Crippen molar-refractivity contribution in [1.82, 2.24) is 0 Å². The van der Waals surface area contributed by atoms with Gasteiger partial charge in [-0.15, -0.1) is 11.3 Å². The van der Waals surface area contributed by atoms with E-state index in [0.717, 1.165) is 16.9 Å². The maximum atomic E-state index is 9.16. The van der Waals surface area contributed by atoms with E-state index in [4.69, 9.17) is 15.0 Å². The zero-order valence-electron chi connectivity index (χ0n) is 13.5. The van der Waals surface area contributed by atoms with Gasteiger partial charge in [0.2, 0.25) is 5.90 Å². The Morgan fingerprint density at radius 2 is 2.04 bits per heavy atom. The normalized spacial score (nSPS) is 17.3. The van der Waals surface area contributed by atoms with E-state index in [1.165, 1.54) is 11.3 Å². The van der Waals surface area contributed by atoms with Crippen molar-refractivity contribution in [1.29, 1.82) is 5.26 Å². The van der Waals surface area contributed by atoms with Crippen LogP contribution in [-0.4, -0.2) is 18.5 Å². The summed E-state index contributed by atoms with van der Waals surface area (Å²) in [6, 6.07) is 12.2. The summed E-state index contributed by atoms with van der Waals surface area (Å²) in [4.78, 5) is 5.42. The highest BCUT2D eigenvalue weighted by Crippen LogP contribution is 2.31. The zero-order valence-corrected chi connectivity index (χ0v) is 14.3. The molecule has 1 N–H and O–H groups in total. The fourth-order valence-corrected chi connectivity index (χ4v) is 3.02. The summed E-state index contributed by atoms with van der Waals surface area (Å²) in [5, 5.41) is 14.4. The molecule has 0 fully saturated rings. The average Bonchev–Trinajstić information content (AvgIpc) is 3.16. The highest BCUT2D eigenvalue weighted by Gasteiger charge is 2.31. The van der Waals surface area contributed by atoms with E-state index >= 15 is 0 Å². The lowest BCUT2D eigenvalue weighted by atomic mass is 9.88. The maximum Gasteiger partial charge on any atom is 0.218 e. The minimum Gasteiger partial charge on any atom is -0.475 e. The largest absolute Gasteiger partial charge is 0.475 e. The Hall–Kier alpha value is -2.32. The van der Waals surface area contributed by atoms with Gasteiger partial charge in [0.15, 0.2) is 0 Å². The van der Waals surface area contributed by atoms with E-state index in [1.807, 2.05) is 35.7 Å². The summed E-state index contributed by atoms with van der Waals surface area (Å²) in [6.45, 7) is 7.11. The van der Waals surface area contributed by atoms with Crippen LogP contribution in [0.1, 0.15) is 31.2 Å². The van der Waals surface area contributed by atoms with Gasteiger partial charge < -0.3 is 10.1 Å². The minimum absolute atomic E-state index is 0.0749. The molecule has 1 aliphatic heterocycles. The molecule has 2 aromatic rings. The highest BCUT2D eigenvalue weighted by molar-refractivity contribution is 7.11. The first-order valence-corrected chi connectivity index (χ1v) is 8.41. The molecule has 0 spiro atoms. The molecule has 3 rings (SSSR count). The number of para-hydroxylation sites is 1. The van der Waals surface area contributed by atoms with Gasteiger partial charge in [-0.05, 0) is 29.0 Å². The number of hydrogen-bond donors (Lipinski definition) is 1. The summed E-state index contributed by atoms with van der Waals surface area (Å²) in [5.74, 6) is 0.668. The van der Waals surface area contributed by atoms with Crippen molar-refractivity contribution in [3.8, 4) is 6.07 Å². The van der Waals surface area contributed by atoms with Gasteiger partial charge in [0.05, 0.1) is 23.0 Å². The molecule has 0 amide bonds. The lowest BCUT2D eigenvalue weighted by Gasteiger charge is -2.21. The topological polar surface area (TPSA) is 57.4 Å². The van der Waals surface area contributed by atoms with Crippen molar-refractivity contribution in [2.75, 3.05) is 11.9 Å². The number of aliphatic imine (C=N–C) groups is 1. The monoisotopic (exact) mass is 325 g/mol. The molecule has 1 atom stereocenters. The smallest absolute Gasteiger partial charge is 0.218 e. The second-order valence-electron chi connectivity index (χ2n) is 6.57. The van der Waals surface area contributed by atoms with Gasteiger partial charge in [-0.1, -0.05) is 32.9 Å². The molecule has 0 radical (unpaired) electrons. The van der Waals surface area contributed by atoms with E-state index in [1.54, 1.807) is 0 Å². The first kappa shape index (κ1) is 15.6. The zero-order chi connectivity index (χ0) is 16.4. The molecule has 23 heavy (non-hydrogen) atoms. The van der Waals surface area contributed by atoms with Crippen molar-refractivity contribution < 1.29 is 4.74 Å². The third-order valence-corrected chi connectivity index (χ3v) is 4.66. The van der Waals surface area contributed by atoms with Crippen molar-refractivity contribution in [3.63, 3.8) is 0 Å². The predicted octanol–water partition coefficient (Wildman–Crippen LogP) is 4.55. The molecule has 0 saturated carbocycles. The van der Waals surface area contributed by atoms with Crippen molar-refractivity contribution in [3.05, 3.63) is 46.2 Å². The molecule has 118 valence electrons. The first-order chi connectivity index (χ1) is 11.0. The lowest BCUT2D eigenvalue weighted by Crippen LogP contribution is -2.25. The molecule has 1 aliphatic rings. The fraction of sp³-hybridized carbons (Fsp3) is 0.333. The molecule has 1 aromatic heterocycles. The van der Waals surface area contributed by atoms with Crippen LogP contribution in [0, 0.1) is 16.7 Å². The van der Waals surface area contributed by atoms with Crippen LogP contribution in [0.15, 0.2) is 40.7 Å². The average molecular weight is 325 g/mol. The molecule has 0 saturated heterocycles. The van der Waals surface area contributed by atoms with Crippen LogP contribution in [-0.2, 0) is 4.74 Å². The number of nitriles is 1.